The lowest BCUT2D eigenvalue weighted by atomic mass is 9.98. The zero-order valence-corrected chi connectivity index (χ0v) is 25.2. The molecule has 11 heteroatoms. The van der Waals surface area contributed by atoms with Crippen LogP contribution in [0.4, 0.5) is 10.5 Å². The van der Waals surface area contributed by atoms with Gasteiger partial charge in [-0.25, -0.2) is 4.79 Å². The predicted molar refractivity (Wildman–Crippen MR) is 173 cm³/mol. The summed E-state index contributed by atoms with van der Waals surface area (Å²) in [6, 6.07) is 28.2. The van der Waals surface area contributed by atoms with Crippen LogP contribution in [0.2, 0.25) is 0 Å². The lowest BCUT2D eigenvalue weighted by Crippen LogP contribution is -2.66. The van der Waals surface area contributed by atoms with Crippen molar-refractivity contribution in [2.45, 2.75) is 31.7 Å². The molecule has 46 heavy (non-hydrogen) atoms. The van der Waals surface area contributed by atoms with Gasteiger partial charge in [0.15, 0.2) is 0 Å². The Labute approximate surface area is 266 Å². The number of nitrogens with zero attached hydrogens (tertiary/aromatic N) is 5. The van der Waals surface area contributed by atoms with Crippen LogP contribution < -0.4 is 5.32 Å². The number of piperazine rings is 1. The van der Waals surface area contributed by atoms with Gasteiger partial charge in [0.05, 0.1) is 24.6 Å². The summed E-state index contributed by atoms with van der Waals surface area (Å²) in [5, 5.41) is 19.5. The van der Waals surface area contributed by atoms with Gasteiger partial charge in [-0.15, -0.1) is 6.58 Å². The summed E-state index contributed by atoms with van der Waals surface area (Å²) in [7, 11) is 0. The summed E-state index contributed by atoms with van der Waals surface area (Å²) < 4.78 is 0. The van der Waals surface area contributed by atoms with Gasteiger partial charge in [0.2, 0.25) is 11.8 Å². The van der Waals surface area contributed by atoms with E-state index in [9.17, 15) is 24.5 Å². The highest BCUT2D eigenvalue weighted by Crippen LogP contribution is 2.31. The molecule has 11 nitrogen and oxygen atoms in total. The number of fused-ring (bicyclic) bond motifs is 2. The Balaban J connectivity index is 1.32. The summed E-state index contributed by atoms with van der Waals surface area (Å²) >= 11 is 0. The van der Waals surface area contributed by atoms with Gasteiger partial charge in [0.25, 0.3) is 5.69 Å². The molecule has 2 aliphatic heterocycles. The quantitative estimate of drug-likeness (QED) is 0.159. The van der Waals surface area contributed by atoms with Gasteiger partial charge in [-0.3, -0.25) is 24.7 Å². The number of amides is 4. The lowest BCUT2D eigenvalue weighted by Gasteiger charge is -2.46. The average molecular weight is 619 g/mol. The zero-order valence-electron chi connectivity index (χ0n) is 25.2. The molecule has 0 spiro atoms. The van der Waals surface area contributed by atoms with Crippen molar-refractivity contribution < 1.29 is 19.3 Å². The summed E-state index contributed by atoms with van der Waals surface area (Å²) in [6.07, 6.45) is 1.15. The van der Waals surface area contributed by atoms with Crippen molar-refractivity contribution in [2.75, 3.05) is 19.6 Å². The molecule has 2 aliphatic rings. The first kappa shape index (κ1) is 30.5. The molecule has 1 N–H and O–H groups in total. The molecule has 0 aliphatic carbocycles. The molecular weight excluding hydrogens is 584 g/mol. The number of nitro benzene ring substituents is 1. The minimum Gasteiger partial charge on any atom is -0.333 e. The second-order valence-corrected chi connectivity index (χ2v) is 11.4. The van der Waals surface area contributed by atoms with E-state index < -0.39 is 17.1 Å². The molecular formula is C35H34N6O5. The molecule has 2 atom stereocenters. The fourth-order valence-electron chi connectivity index (χ4n) is 6.29. The number of benzene rings is 4. The molecule has 2 heterocycles. The second-order valence-electron chi connectivity index (χ2n) is 11.4. The van der Waals surface area contributed by atoms with Gasteiger partial charge >= 0.3 is 6.03 Å². The monoisotopic (exact) mass is 618 g/mol. The highest BCUT2D eigenvalue weighted by atomic mass is 16.6. The maximum atomic E-state index is 14.2. The van der Waals surface area contributed by atoms with Crippen LogP contribution in [-0.4, -0.2) is 74.4 Å². The van der Waals surface area contributed by atoms with E-state index in [4.69, 9.17) is 0 Å². The molecule has 4 aromatic carbocycles. The van der Waals surface area contributed by atoms with Crippen LogP contribution in [0.5, 0.6) is 0 Å². The normalized spacial score (nSPS) is 18.0. The maximum absolute atomic E-state index is 14.2. The number of urea groups is 1. The van der Waals surface area contributed by atoms with Gasteiger partial charge in [-0.2, -0.15) is 5.01 Å². The van der Waals surface area contributed by atoms with Crippen molar-refractivity contribution >= 4 is 34.3 Å². The molecule has 2 fully saturated rings. The van der Waals surface area contributed by atoms with E-state index >= 15 is 0 Å². The number of non-ortho nitro benzene ring substituents is 1. The summed E-state index contributed by atoms with van der Waals surface area (Å²) in [5.41, 5.74) is 2.53. The van der Waals surface area contributed by atoms with Crippen LogP contribution in [0.3, 0.4) is 0 Å². The Morgan fingerprint density at radius 3 is 2.41 bits per heavy atom. The van der Waals surface area contributed by atoms with E-state index in [1.165, 1.54) is 17.1 Å². The maximum Gasteiger partial charge on any atom is 0.332 e. The molecule has 0 saturated carbocycles. The van der Waals surface area contributed by atoms with Crippen LogP contribution in [-0.2, 0) is 29.1 Å². The third-order valence-electron chi connectivity index (χ3n) is 8.52. The largest absolute Gasteiger partial charge is 0.333 e. The standard InChI is InChI=1S/C35H34N6O5/c1-2-19-38(35(44)36-21-26-9-4-3-5-10-26)39-24-33(42)40-31(20-25-15-17-29(18-16-25)41(45)46)34(43)37(23-32(39)40)22-28-13-8-12-27-11-6-7-14-30(27)28/h2-18,31-32H,1,19-24H2,(H,36,44)/t31-,32+/m0/s1. The highest BCUT2D eigenvalue weighted by molar-refractivity contribution is 5.92. The minimum atomic E-state index is -0.870. The van der Waals surface area contributed by atoms with Gasteiger partial charge in [-0.05, 0) is 27.5 Å². The van der Waals surface area contributed by atoms with Crippen molar-refractivity contribution in [1.82, 2.24) is 25.1 Å². The predicted octanol–water partition coefficient (Wildman–Crippen LogP) is 4.48. The number of carbonyl (C=O) groups is 3. The molecule has 234 valence electrons. The third kappa shape index (κ3) is 6.18. The van der Waals surface area contributed by atoms with Crippen molar-refractivity contribution in [1.29, 1.82) is 0 Å². The number of rotatable bonds is 10. The van der Waals surface area contributed by atoms with Crippen LogP contribution in [0, 0.1) is 10.1 Å². The fourth-order valence-corrected chi connectivity index (χ4v) is 6.29. The van der Waals surface area contributed by atoms with E-state index in [-0.39, 0.29) is 49.6 Å². The van der Waals surface area contributed by atoms with E-state index in [0.29, 0.717) is 18.7 Å². The van der Waals surface area contributed by atoms with Crippen molar-refractivity contribution in [2.24, 2.45) is 0 Å². The Kier molecular flexibility index (Phi) is 8.75. The average Bonchev–Trinajstić information content (AvgIpc) is 3.40. The minimum absolute atomic E-state index is 0.0563. The van der Waals surface area contributed by atoms with E-state index in [1.54, 1.807) is 33.0 Å². The summed E-state index contributed by atoms with van der Waals surface area (Å²) in [4.78, 5) is 55.6. The number of nitrogens with one attached hydrogen (secondary N) is 1. The van der Waals surface area contributed by atoms with Crippen molar-refractivity contribution in [3.63, 3.8) is 0 Å². The molecule has 2 saturated heterocycles. The summed E-state index contributed by atoms with van der Waals surface area (Å²) in [6.45, 7) is 4.70. The fraction of sp³-hybridized carbons (Fsp3) is 0.229. The first-order valence-electron chi connectivity index (χ1n) is 15.1. The molecule has 0 bridgehead atoms. The van der Waals surface area contributed by atoms with Gasteiger partial charge < -0.3 is 15.1 Å². The molecule has 0 radical (unpaired) electrons. The van der Waals surface area contributed by atoms with Gasteiger partial charge in [0, 0.05) is 31.6 Å². The number of carbonyl (C=O) groups excluding carboxylic acids is 3. The Hall–Kier alpha value is -5.55. The first-order chi connectivity index (χ1) is 22.3. The van der Waals surface area contributed by atoms with E-state index in [1.807, 2.05) is 72.8 Å². The van der Waals surface area contributed by atoms with E-state index in [2.05, 4.69) is 11.9 Å². The topological polar surface area (TPSA) is 119 Å². The smallest absolute Gasteiger partial charge is 0.332 e. The Morgan fingerprint density at radius 1 is 0.957 bits per heavy atom. The molecule has 4 amide bonds. The number of hydrogen-bond acceptors (Lipinski definition) is 6. The second kappa shape index (κ2) is 13.2. The van der Waals surface area contributed by atoms with Crippen molar-refractivity contribution in [3.05, 3.63) is 137 Å². The third-order valence-corrected chi connectivity index (χ3v) is 8.52. The number of nitro groups is 1. The van der Waals surface area contributed by atoms with Gasteiger partial charge in [0.1, 0.15) is 12.2 Å². The number of hydrogen-bond donors (Lipinski definition) is 1. The molecule has 0 unspecified atom stereocenters. The lowest BCUT2D eigenvalue weighted by molar-refractivity contribution is -0.384. The molecule has 6 rings (SSSR count). The molecule has 4 aromatic rings. The van der Waals surface area contributed by atoms with E-state index in [0.717, 1.165) is 21.9 Å². The summed E-state index contributed by atoms with van der Waals surface area (Å²) in [5.74, 6) is -0.499. The van der Waals surface area contributed by atoms with Gasteiger partial charge in [-0.1, -0.05) is 91.0 Å². The first-order valence-corrected chi connectivity index (χ1v) is 15.1. The molecule has 0 aromatic heterocycles. The zero-order chi connectivity index (χ0) is 32.2. The van der Waals surface area contributed by atoms with Crippen molar-refractivity contribution in [3.8, 4) is 0 Å². The van der Waals surface area contributed by atoms with Crippen LogP contribution in [0.1, 0.15) is 16.7 Å². The van der Waals surface area contributed by atoms with Crippen LogP contribution in [0.25, 0.3) is 10.8 Å². The Morgan fingerprint density at radius 2 is 1.67 bits per heavy atom. The Bertz CT molecular complexity index is 1770. The van der Waals surface area contributed by atoms with Crippen LogP contribution >= 0.6 is 0 Å². The SMILES string of the molecule is C=CCN(C(=O)NCc1ccccc1)N1CC(=O)N2[C@@H](Cc3ccc([N+](=O)[O-])cc3)C(=O)N(Cc3cccc4ccccc34)C[C@@H]21. The number of hydrazine groups is 1. The van der Waals surface area contributed by atoms with Crippen LogP contribution in [0.15, 0.2) is 110 Å². The highest BCUT2D eigenvalue weighted by Gasteiger charge is 2.52.